The van der Waals surface area contributed by atoms with Gasteiger partial charge in [-0.25, -0.2) is 0 Å². The standard InChI is InChI=1S/C21H31NO3/c1-3-24-15-19-14-21(16-25-19)10-12-22(13-11-21)20(23)9-8-18-7-5-4-6-17(18)2/h4-7,19H,3,8-16H2,1-2H3/t19-/m0/s1. The quantitative estimate of drug-likeness (QED) is 0.793. The molecule has 3 rings (SSSR count). The number of amides is 1. The number of likely N-dealkylation sites (tertiary alicyclic amines) is 1. The fourth-order valence-electron chi connectivity index (χ4n) is 4.12. The van der Waals surface area contributed by atoms with Crippen molar-refractivity contribution >= 4 is 5.91 Å². The second-order valence-corrected chi connectivity index (χ2v) is 7.60. The van der Waals surface area contributed by atoms with Crippen LogP contribution in [0.3, 0.4) is 0 Å². The monoisotopic (exact) mass is 345 g/mol. The van der Waals surface area contributed by atoms with Crippen LogP contribution in [0.15, 0.2) is 24.3 Å². The first-order valence-electron chi connectivity index (χ1n) is 9.63. The van der Waals surface area contributed by atoms with Crippen molar-refractivity contribution in [2.45, 2.75) is 52.1 Å². The van der Waals surface area contributed by atoms with Crippen LogP contribution in [0, 0.1) is 12.3 Å². The summed E-state index contributed by atoms with van der Waals surface area (Å²) in [6, 6.07) is 8.34. The number of nitrogens with zero attached hydrogens (tertiary/aromatic N) is 1. The Labute approximate surface area is 151 Å². The van der Waals surface area contributed by atoms with Crippen molar-refractivity contribution < 1.29 is 14.3 Å². The molecule has 0 N–H and O–H groups in total. The van der Waals surface area contributed by atoms with Crippen molar-refractivity contribution in [1.29, 1.82) is 0 Å². The van der Waals surface area contributed by atoms with E-state index in [1.165, 1.54) is 11.1 Å². The van der Waals surface area contributed by atoms with Crippen LogP contribution < -0.4 is 0 Å². The zero-order chi connectivity index (χ0) is 17.7. The van der Waals surface area contributed by atoms with E-state index in [0.29, 0.717) is 18.9 Å². The summed E-state index contributed by atoms with van der Waals surface area (Å²) in [4.78, 5) is 14.6. The zero-order valence-corrected chi connectivity index (χ0v) is 15.6. The van der Waals surface area contributed by atoms with Crippen LogP contribution in [0.2, 0.25) is 0 Å². The smallest absolute Gasteiger partial charge is 0.222 e. The highest BCUT2D eigenvalue weighted by Gasteiger charge is 2.42. The Kier molecular flexibility index (Phi) is 6.13. The highest BCUT2D eigenvalue weighted by Crippen LogP contribution is 2.42. The highest BCUT2D eigenvalue weighted by atomic mass is 16.5. The Morgan fingerprint density at radius 2 is 2.08 bits per heavy atom. The second-order valence-electron chi connectivity index (χ2n) is 7.60. The molecule has 2 aliphatic heterocycles. The minimum atomic E-state index is 0.239. The van der Waals surface area contributed by atoms with Crippen molar-refractivity contribution in [3.8, 4) is 0 Å². The van der Waals surface area contributed by atoms with Gasteiger partial charge in [-0.15, -0.1) is 0 Å². The first-order chi connectivity index (χ1) is 12.1. The van der Waals surface area contributed by atoms with Gasteiger partial charge in [0.2, 0.25) is 5.91 Å². The molecule has 25 heavy (non-hydrogen) atoms. The van der Waals surface area contributed by atoms with Crippen molar-refractivity contribution in [1.82, 2.24) is 4.90 Å². The van der Waals surface area contributed by atoms with Crippen LogP contribution in [-0.4, -0.2) is 49.8 Å². The van der Waals surface area contributed by atoms with Gasteiger partial charge in [0.05, 0.1) is 19.3 Å². The number of benzene rings is 1. The molecule has 138 valence electrons. The Morgan fingerprint density at radius 1 is 1.32 bits per heavy atom. The summed E-state index contributed by atoms with van der Waals surface area (Å²) in [7, 11) is 0. The number of piperidine rings is 1. The van der Waals surface area contributed by atoms with Gasteiger partial charge >= 0.3 is 0 Å². The van der Waals surface area contributed by atoms with Crippen LogP contribution in [0.5, 0.6) is 0 Å². The van der Waals surface area contributed by atoms with Crippen LogP contribution in [-0.2, 0) is 20.7 Å². The van der Waals surface area contributed by atoms with Crippen LogP contribution in [0.25, 0.3) is 0 Å². The Morgan fingerprint density at radius 3 is 2.80 bits per heavy atom. The molecule has 4 nitrogen and oxygen atoms in total. The van der Waals surface area contributed by atoms with E-state index in [1.807, 2.05) is 13.0 Å². The van der Waals surface area contributed by atoms with Gasteiger partial charge in [-0.1, -0.05) is 24.3 Å². The number of aryl methyl sites for hydroxylation is 2. The van der Waals surface area contributed by atoms with E-state index in [1.54, 1.807) is 0 Å². The molecule has 1 atom stereocenters. The lowest BCUT2D eigenvalue weighted by Gasteiger charge is -2.38. The molecule has 1 amide bonds. The largest absolute Gasteiger partial charge is 0.379 e. The topological polar surface area (TPSA) is 38.8 Å². The SMILES string of the molecule is CCOC[C@@H]1CC2(CCN(C(=O)CCc3ccccc3C)CC2)CO1. The predicted molar refractivity (Wildman–Crippen MR) is 98.6 cm³/mol. The third-order valence-electron chi connectivity index (χ3n) is 5.84. The second kappa shape index (κ2) is 8.33. The van der Waals surface area contributed by atoms with Crippen molar-refractivity contribution in [2.75, 3.05) is 32.9 Å². The Hall–Kier alpha value is -1.39. The zero-order valence-electron chi connectivity index (χ0n) is 15.6. The van der Waals surface area contributed by atoms with Gasteiger partial charge < -0.3 is 14.4 Å². The van der Waals surface area contributed by atoms with E-state index in [4.69, 9.17) is 9.47 Å². The maximum absolute atomic E-state index is 12.6. The number of carbonyl (C=O) groups excluding carboxylic acids is 1. The first-order valence-corrected chi connectivity index (χ1v) is 9.63. The molecule has 0 radical (unpaired) electrons. The van der Waals surface area contributed by atoms with E-state index in [0.717, 1.165) is 52.0 Å². The molecule has 1 aromatic carbocycles. The third-order valence-corrected chi connectivity index (χ3v) is 5.84. The normalized spacial score (nSPS) is 22.5. The lowest BCUT2D eigenvalue weighted by atomic mass is 9.76. The minimum absolute atomic E-state index is 0.239. The van der Waals surface area contributed by atoms with E-state index < -0.39 is 0 Å². The molecule has 4 heteroatoms. The summed E-state index contributed by atoms with van der Waals surface area (Å²) in [6.07, 6.45) is 4.90. The van der Waals surface area contributed by atoms with Gasteiger partial charge in [-0.3, -0.25) is 4.79 Å². The van der Waals surface area contributed by atoms with Gasteiger partial charge in [-0.05, 0) is 56.1 Å². The first kappa shape index (κ1) is 18.4. The van der Waals surface area contributed by atoms with Gasteiger partial charge in [0.25, 0.3) is 0 Å². The van der Waals surface area contributed by atoms with Crippen molar-refractivity contribution in [3.63, 3.8) is 0 Å². The van der Waals surface area contributed by atoms with Crippen LogP contribution in [0.1, 0.15) is 43.7 Å². The highest BCUT2D eigenvalue weighted by molar-refractivity contribution is 5.76. The Balaban J connectivity index is 1.44. The average molecular weight is 345 g/mol. The maximum Gasteiger partial charge on any atom is 0.222 e. The molecule has 1 aromatic rings. The number of carbonyl (C=O) groups is 1. The van der Waals surface area contributed by atoms with Gasteiger partial charge in [0.1, 0.15) is 0 Å². The van der Waals surface area contributed by atoms with Crippen molar-refractivity contribution in [2.24, 2.45) is 5.41 Å². The number of ether oxygens (including phenoxy) is 2. The lowest BCUT2D eigenvalue weighted by molar-refractivity contribution is -0.133. The summed E-state index contributed by atoms with van der Waals surface area (Å²) < 4.78 is 11.4. The number of rotatable bonds is 6. The fraction of sp³-hybridized carbons (Fsp3) is 0.667. The molecule has 0 unspecified atom stereocenters. The summed E-state index contributed by atoms with van der Waals surface area (Å²) in [5.41, 5.74) is 2.83. The lowest BCUT2D eigenvalue weighted by Crippen LogP contribution is -2.43. The molecule has 0 bridgehead atoms. The van der Waals surface area contributed by atoms with Crippen LogP contribution in [0.4, 0.5) is 0 Å². The predicted octanol–water partition coefficient (Wildman–Crippen LogP) is 3.36. The molecule has 2 aliphatic rings. The number of hydrogen-bond acceptors (Lipinski definition) is 3. The Bertz CT molecular complexity index is 578. The molecule has 2 heterocycles. The summed E-state index contributed by atoms with van der Waals surface area (Å²) >= 11 is 0. The number of hydrogen-bond donors (Lipinski definition) is 0. The van der Waals surface area contributed by atoms with Crippen LogP contribution >= 0.6 is 0 Å². The maximum atomic E-state index is 12.6. The molecule has 0 aromatic heterocycles. The molecule has 0 saturated carbocycles. The molecule has 0 aliphatic carbocycles. The molecular formula is C21H31NO3. The average Bonchev–Trinajstić information content (AvgIpc) is 3.02. The van der Waals surface area contributed by atoms with E-state index in [-0.39, 0.29) is 11.5 Å². The fourth-order valence-corrected chi connectivity index (χ4v) is 4.12. The van der Waals surface area contributed by atoms with Gasteiger partial charge in [0.15, 0.2) is 0 Å². The molecule has 1 spiro atoms. The third kappa shape index (κ3) is 4.62. The summed E-state index contributed by atoms with van der Waals surface area (Å²) in [6.45, 7) is 8.16. The van der Waals surface area contributed by atoms with E-state index in [2.05, 4.69) is 30.0 Å². The molecule has 2 saturated heterocycles. The summed E-state index contributed by atoms with van der Waals surface area (Å²) in [5.74, 6) is 0.294. The summed E-state index contributed by atoms with van der Waals surface area (Å²) in [5, 5.41) is 0. The van der Waals surface area contributed by atoms with Crippen molar-refractivity contribution in [3.05, 3.63) is 35.4 Å². The minimum Gasteiger partial charge on any atom is -0.379 e. The molecule has 2 fully saturated rings. The van der Waals surface area contributed by atoms with E-state index >= 15 is 0 Å². The molecular weight excluding hydrogens is 314 g/mol. The van der Waals surface area contributed by atoms with Gasteiger partial charge in [-0.2, -0.15) is 0 Å². The van der Waals surface area contributed by atoms with Gasteiger partial charge in [0, 0.05) is 26.1 Å². The van der Waals surface area contributed by atoms with E-state index in [9.17, 15) is 4.79 Å².